The number of carbonyl (C=O) groups is 2. The SMILES string of the molecule is Cc1cc(C)c(C(=O)N2CCN(c3ccccc3CCCN(O)C(=O)OC(C)(C)C)CC2)cc1CN1CCN(c2ccccc2C#N)CC1. The number of hydrogen-bond donors (Lipinski definition) is 1. The van der Waals surface area contributed by atoms with Gasteiger partial charge < -0.3 is 19.4 Å². The van der Waals surface area contributed by atoms with E-state index < -0.39 is 11.7 Å². The monoisotopic (exact) mass is 666 g/mol. The number of piperazine rings is 2. The van der Waals surface area contributed by atoms with Crippen LogP contribution < -0.4 is 9.80 Å². The molecular weight excluding hydrogens is 616 g/mol. The molecule has 5 rings (SSSR count). The minimum Gasteiger partial charge on any atom is -0.442 e. The van der Waals surface area contributed by atoms with Crippen LogP contribution in [0, 0.1) is 25.2 Å². The van der Waals surface area contributed by atoms with Gasteiger partial charge >= 0.3 is 6.09 Å². The molecular formula is C39H50N6O4. The number of amides is 2. The van der Waals surface area contributed by atoms with Gasteiger partial charge in [-0.2, -0.15) is 10.3 Å². The van der Waals surface area contributed by atoms with Crippen LogP contribution in [0.2, 0.25) is 0 Å². The Morgan fingerprint density at radius 3 is 2.12 bits per heavy atom. The van der Waals surface area contributed by atoms with Crippen LogP contribution in [0.5, 0.6) is 0 Å². The molecule has 0 unspecified atom stereocenters. The summed E-state index contributed by atoms with van der Waals surface area (Å²) in [5.74, 6) is 0.0785. The van der Waals surface area contributed by atoms with Gasteiger partial charge in [0.15, 0.2) is 0 Å². The fourth-order valence-corrected chi connectivity index (χ4v) is 6.71. The molecule has 0 bridgehead atoms. The Labute approximate surface area is 291 Å². The Kier molecular flexibility index (Phi) is 11.5. The second-order valence-electron chi connectivity index (χ2n) is 14.1. The Bertz CT molecular complexity index is 1660. The van der Waals surface area contributed by atoms with Crippen LogP contribution in [0.25, 0.3) is 0 Å². The fraction of sp³-hybridized carbons (Fsp3) is 0.462. The lowest BCUT2D eigenvalue weighted by atomic mass is 9.98. The highest BCUT2D eigenvalue weighted by atomic mass is 16.6. The Morgan fingerprint density at radius 2 is 1.45 bits per heavy atom. The van der Waals surface area contributed by atoms with Crippen LogP contribution >= 0.6 is 0 Å². The highest BCUT2D eigenvalue weighted by Gasteiger charge is 2.26. The molecule has 0 aliphatic carbocycles. The average Bonchev–Trinajstić information content (AvgIpc) is 3.09. The molecule has 1 N–H and O–H groups in total. The van der Waals surface area contributed by atoms with Gasteiger partial charge in [-0.1, -0.05) is 36.4 Å². The maximum Gasteiger partial charge on any atom is 0.434 e. The normalized spacial score (nSPS) is 15.6. The molecule has 2 heterocycles. The minimum absolute atomic E-state index is 0.0785. The number of para-hydroxylation sites is 2. The van der Waals surface area contributed by atoms with Crippen LogP contribution in [-0.4, -0.2) is 96.6 Å². The molecule has 49 heavy (non-hydrogen) atoms. The Morgan fingerprint density at radius 1 is 0.837 bits per heavy atom. The highest BCUT2D eigenvalue weighted by molar-refractivity contribution is 5.96. The van der Waals surface area contributed by atoms with Crippen molar-refractivity contribution in [2.75, 3.05) is 68.7 Å². The first-order valence-electron chi connectivity index (χ1n) is 17.3. The van der Waals surface area contributed by atoms with E-state index >= 15 is 0 Å². The number of carbonyl (C=O) groups excluding carboxylic acids is 2. The van der Waals surface area contributed by atoms with Crippen molar-refractivity contribution in [3.63, 3.8) is 0 Å². The highest BCUT2D eigenvalue weighted by Crippen LogP contribution is 2.26. The van der Waals surface area contributed by atoms with Gasteiger partial charge in [0.05, 0.1) is 17.8 Å². The molecule has 2 aliphatic rings. The predicted molar refractivity (Wildman–Crippen MR) is 192 cm³/mol. The van der Waals surface area contributed by atoms with Crippen molar-refractivity contribution >= 4 is 23.4 Å². The molecule has 260 valence electrons. The van der Waals surface area contributed by atoms with Gasteiger partial charge in [0.1, 0.15) is 11.7 Å². The van der Waals surface area contributed by atoms with Crippen molar-refractivity contribution in [3.8, 4) is 6.07 Å². The number of nitrogens with zero attached hydrogens (tertiary/aromatic N) is 6. The van der Waals surface area contributed by atoms with Crippen LogP contribution in [-0.2, 0) is 17.7 Å². The van der Waals surface area contributed by atoms with Crippen molar-refractivity contribution in [2.24, 2.45) is 0 Å². The standard InChI is InChI=1S/C39H50N6O4/c1-29-25-30(2)34(26-33(29)28-41-17-19-42(20-18-41)36-15-9-7-12-32(36)27-40)37(46)44-23-21-43(22-24-44)35-14-8-6-11-31(35)13-10-16-45(48)38(47)49-39(3,4)5/h6-9,11-12,14-15,25-26,48H,10,13,16-24,28H2,1-5H3. The third-order valence-corrected chi connectivity index (χ3v) is 9.36. The van der Waals surface area contributed by atoms with Crippen LogP contribution in [0.3, 0.4) is 0 Å². The number of hydroxylamine groups is 2. The summed E-state index contributed by atoms with van der Waals surface area (Å²) >= 11 is 0. The number of benzene rings is 3. The second kappa shape index (κ2) is 15.7. The topological polar surface area (TPSA) is 104 Å². The van der Waals surface area contributed by atoms with Gasteiger partial charge in [-0.15, -0.1) is 0 Å². The second-order valence-corrected chi connectivity index (χ2v) is 14.1. The molecule has 2 aliphatic heterocycles. The summed E-state index contributed by atoms with van der Waals surface area (Å²) in [7, 11) is 0. The number of aryl methyl sites for hydroxylation is 3. The van der Waals surface area contributed by atoms with Gasteiger partial charge in [-0.3, -0.25) is 14.9 Å². The zero-order valence-corrected chi connectivity index (χ0v) is 29.6. The Hall–Kier alpha value is -4.59. The largest absolute Gasteiger partial charge is 0.442 e. The van der Waals surface area contributed by atoms with E-state index in [0.717, 1.165) is 73.9 Å². The molecule has 0 radical (unpaired) electrons. The summed E-state index contributed by atoms with van der Waals surface area (Å²) in [4.78, 5) is 35.0. The van der Waals surface area contributed by atoms with Crippen LogP contribution in [0.15, 0.2) is 60.7 Å². The van der Waals surface area contributed by atoms with E-state index in [1.807, 2.05) is 48.2 Å². The van der Waals surface area contributed by atoms with Crippen molar-refractivity contribution in [1.82, 2.24) is 14.9 Å². The maximum atomic E-state index is 13.9. The van der Waals surface area contributed by atoms with Crippen molar-refractivity contribution in [2.45, 2.75) is 59.6 Å². The molecule has 0 spiro atoms. The first-order chi connectivity index (χ1) is 23.4. The molecule has 10 nitrogen and oxygen atoms in total. The zero-order valence-electron chi connectivity index (χ0n) is 29.6. The first-order valence-corrected chi connectivity index (χ1v) is 17.3. The zero-order chi connectivity index (χ0) is 35.1. The van der Waals surface area contributed by atoms with E-state index in [-0.39, 0.29) is 12.5 Å². The van der Waals surface area contributed by atoms with Crippen molar-refractivity contribution < 1.29 is 19.5 Å². The third-order valence-electron chi connectivity index (χ3n) is 9.36. The molecule has 3 aromatic rings. The minimum atomic E-state index is -0.741. The van der Waals surface area contributed by atoms with Gasteiger partial charge in [0.2, 0.25) is 0 Å². The number of ether oxygens (including phenoxy) is 1. The summed E-state index contributed by atoms with van der Waals surface area (Å²) < 4.78 is 5.24. The molecule has 3 aromatic carbocycles. The number of anilines is 2. The number of rotatable bonds is 9. The van der Waals surface area contributed by atoms with Gasteiger partial charge in [0, 0.05) is 70.2 Å². The van der Waals surface area contributed by atoms with E-state index in [1.54, 1.807) is 20.8 Å². The lowest BCUT2D eigenvalue weighted by molar-refractivity contribution is -0.0941. The van der Waals surface area contributed by atoms with Gasteiger partial charge in [-0.25, -0.2) is 4.79 Å². The van der Waals surface area contributed by atoms with E-state index in [2.05, 4.69) is 52.0 Å². The fourth-order valence-electron chi connectivity index (χ4n) is 6.71. The lowest BCUT2D eigenvalue weighted by Gasteiger charge is -2.38. The molecule has 2 fully saturated rings. The van der Waals surface area contributed by atoms with Crippen LogP contribution in [0.1, 0.15) is 65.4 Å². The molecule has 0 aromatic heterocycles. The summed E-state index contributed by atoms with van der Waals surface area (Å²) in [5.41, 5.74) is 7.47. The summed E-state index contributed by atoms with van der Waals surface area (Å²) in [6.45, 7) is 16.6. The van der Waals surface area contributed by atoms with Crippen molar-refractivity contribution in [3.05, 3.63) is 94.0 Å². The number of nitriles is 1. The van der Waals surface area contributed by atoms with E-state index in [1.165, 1.54) is 11.1 Å². The average molecular weight is 667 g/mol. The summed E-state index contributed by atoms with van der Waals surface area (Å²) in [6.07, 6.45) is 0.545. The molecule has 10 heteroatoms. The van der Waals surface area contributed by atoms with Gasteiger partial charge in [-0.05, 0) is 94.0 Å². The lowest BCUT2D eigenvalue weighted by Crippen LogP contribution is -2.49. The molecule has 0 saturated carbocycles. The van der Waals surface area contributed by atoms with E-state index in [0.29, 0.717) is 36.6 Å². The predicted octanol–water partition coefficient (Wildman–Crippen LogP) is 6.02. The first kappa shape index (κ1) is 35.7. The van der Waals surface area contributed by atoms with E-state index in [9.17, 15) is 20.1 Å². The quantitative estimate of drug-likeness (QED) is 0.219. The molecule has 2 saturated heterocycles. The molecule has 0 atom stereocenters. The van der Waals surface area contributed by atoms with Crippen LogP contribution in [0.4, 0.5) is 16.2 Å². The number of hydrogen-bond acceptors (Lipinski definition) is 8. The van der Waals surface area contributed by atoms with Gasteiger partial charge in [0.25, 0.3) is 5.91 Å². The van der Waals surface area contributed by atoms with Crippen molar-refractivity contribution in [1.29, 1.82) is 5.26 Å². The maximum absolute atomic E-state index is 13.9. The smallest absolute Gasteiger partial charge is 0.434 e. The van der Waals surface area contributed by atoms with E-state index in [4.69, 9.17) is 4.74 Å². The Balaban J connectivity index is 1.16. The molecule has 2 amide bonds. The summed E-state index contributed by atoms with van der Waals surface area (Å²) in [6, 6.07) is 22.6. The summed E-state index contributed by atoms with van der Waals surface area (Å²) in [5, 5.41) is 20.3. The third kappa shape index (κ3) is 9.11.